The lowest BCUT2D eigenvalue weighted by atomic mass is 10.1. The third-order valence-corrected chi connectivity index (χ3v) is 3.55. The zero-order valence-corrected chi connectivity index (χ0v) is 13.0. The number of carbonyl (C=O) groups excluding carboxylic acids is 1. The highest BCUT2D eigenvalue weighted by Gasteiger charge is 2.12. The third kappa shape index (κ3) is 3.41. The predicted molar refractivity (Wildman–Crippen MR) is 89.8 cm³/mol. The fraction of sp³-hybridized carbons (Fsp3) is 0.0526. The van der Waals surface area contributed by atoms with Gasteiger partial charge in [0.25, 0.3) is 0 Å². The van der Waals surface area contributed by atoms with Crippen molar-refractivity contribution in [1.82, 2.24) is 4.57 Å². The molecular weight excluding hydrogens is 307 g/mol. The van der Waals surface area contributed by atoms with Gasteiger partial charge in [-0.1, -0.05) is 29.4 Å². The molecule has 0 unspecified atom stereocenters. The summed E-state index contributed by atoms with van der Waals surface area (Å²) < 4.78 is 15.5. The summed E-state index contributed by atoms with van der Waals surface area (Å²) in [5.74, 6) is -1.46. The second kappa shape index (κ2) is 6.91. The van der Waals surface area contributed by atoms with E-state index in [0.717, 1.165) is 11.3 Å². The molecular formula is C19H15FN2O2. The number of rotatable bonds is 4. The van der Waals surface area contributed by atoms with Crippen LogP contribution in [0.1, 0.15) is 22.8 Å². The number of carbonyl (C=O) groups is 1. The van der Waals surface area contributed by atoms with Gasteiger partial charge in [-0.3, -0.25) is 0 Å². The molecule has 2 aromatic carbocycles. The van der Waals surface area contributed by atoms with Crippen molar-refractivity contribution >= 4 is 11.7 Å². The van der Waals surface area contributed by atoms with E-state index in [-0.39, 0.29) is 5.56 Å². The van der Waals surface area contributed by atoms with Crippen LogP contribution in [0.4, 0.5) is 4.39 Å². The maximum absolute atomic E-state index is 13.5. The molecule has 0 fully saturated rings. The first-order valence-electron chi connectivity index (χ1n) is 7.39. The van der Waals surface area contributed by atoms with Gasteiger partial charge in [0.15, 0.2) is 0 Å². The molecule has 5 heteroatoms. The minimum absolute atomic E-state index is 0.142. The summed E-state index contributed by atoms with van der Waals surface area (Å²) in [5.41, 5.74) is 2.21. The van der Waals surface area contributed by atoms with E-state index in [9.17, 15) is 9.18 Å². The first kappa shape index (κ1) is 15.7. The van der Waals surface area contributed by atoms with Gasteiger partial charge in [0.2, 0.25) is 0 Å². The van der Waals surface area contributed by atoms with Crippen LogP contribution in [0.5, 0.6) is 0 Å². The average Bonchev–Trinajstić information content (AvgIpc) is 3.14. The number of benzene rings is 2. The molecule has 120 valence electrons. The van der Waals surface area contributed by atoms with Crippen LogP contribution in [-0.4, -0.2) is 16.2 Å². The molecule has 3 aromatic rings. The Morgan fingerprint density at radius 1 is 1.00 bits per heavy atom. The number of aromatic nitrogens is 1. The maximum atomic E-state index is 13.5. The van der Waals surface area contributed by atoms with E-state index < -0.39 is 11.8 Å². The van der Waals surface area contributed by atoms with E-state index in [2.05, 4.69) is 5.16 Å². The van der Waals surface area contributed by atoms with Crippen molar-refractivity contribution in [2.45, 2.75) is 6.92 Å². The van der Waals surface area contributed by atoms with Crippen LogP contribution in [0.2, 0.25) is 0 Å². The summed E-state index contributed by atoms with van der Waals surface area (Å²) >= 11 is 0. The van der Waals surface area contributed by atoms with Crippen LogP contribution in [0.15, 0.2) is 78.2 Å². The summed E-state index contributed by atoms with van der Waals surface area (Å²) in [4.78, 5) is 16.7. The minimum Gasteiger partial charge on any atom is -0.324 e. The van der Waals surface area contributed by atoms with E-state index in [0.29, 0.717) is 5.71 Å². The van der Waals surface area contributed by atoms with Gasteiger partial charge in [0.1, 0.15) is 5.82 Å². The van der Waals surface area contributed by atoms with Gasteiger partial charge in [-0.2, -0.15) is 0 Å². The molecule has 24 heavy (non-hydrogen) atoms. The Morgan fingerprint density at radius 3 is 2.33 bits per heavy atom. The smallest absolute Gasteiger partial charge is 0.324 e. The molecule has 0 amide bonds. The topological polar surface area (TPSA) is 43.6 Å². The number of halogens is 1. The van der Waals surface area contributed by atoms with E-state index >= 15 is 0 Å². The molecule has 0 N–H and O–H groups in total. The Balaban J connectivity index is 1.72. The summed E-state index contributed by atoms with van der Waals surface area (Å²) in [5, 5.41) is 3.80. The molecule has 0 bridgehead atoms. The average molecular weight is 322 g/mol. The quantitative estimate of drug-likeness (QED) is 0.410. The van der Waals surface area contributed by atoms with Gasteiger partial charge in [-0.25, -0.2) is 9.18 Å². The lowest BCUT2D eigenvalue weighted by Crippen LogP contribution is -2.06. The molecule has 0 radical (unpaired) electrons. The SMILES string of the molecule is C/C(=N\OC(=O)c1ccccc1F)c1ccc(-n2cccc2)cc1. The number of oxime groups is 1. The molecule has 4 nitrogen and oxygen atoms in total. The van der Waals surface area contributed by atoms with Crippen molar-refractivity contribution in [2.75, 3.05) is 0 Å². The Morgan fingerprint density at radius 2 is 1.67 bits per heavy atom. The second-order valence-electron chi connectivity index (χ2n) is 5.17. The molecule has 3 rings (SSSR count). The lowest BCUT2D eigenvalue weighted by molar-refractivity contribution is 0.0511. The largest absolute Gasteiger partial charge is 0.368 e. The monoisotopic (exact) mass is 322 g/mol. The minimum atomic E-state index is -0.823. The molecule has 0 aliphatic heterocycles. The Kier molecular flexibility index (Phi) is 4.52. The lowest BCUT2D eigenvalue weighted by Gasteiger charge is -2.05. The summed E-state index contributed by atoms with van der Waals surface area (Å²) in [6.07, 6.45) is 3.90. The molecule has 1 aromatic heterocycles. The molecule has 0 saturated heterocycles. The molecule has 0 atom stereocenters. The van der Waals surface area contributed by atoms with Crippen LogP contribution in [0.3, 0.4) is 0 Å². The molecule has 0 spiro atoms. The Bertz CT molecular complexity index is 869. The fourth-order valence-corrected chi connectivity index (χ4v) is 2.22. The maximum Gasteiger partial charge on any atom is 0.368 e. The first-order valence-corrected chi connectivity index (χ1v) is 7.39. The van der Waals surface area contributed by atoms with Crippen molar-refractivity contribution in [3.63, 3.8) is 0 Å². The van der Waals surface area contributed by atoms with E-state index in [1.54, 1.807) is 13.0 Å². The zero-order chi connectivity index (χ0) is 16.9. The van der Waals surface area contributed by atoms with Crippen LogP contribution in [-0.2, 0) is 4.84 Å². The van der Waals surface area contributed by atoms with Crippen molar-refractivity contribution in [1.29, 1.82) is 0 Å². The highest BCUT2D eigenvalue weighted by Crippen LogP contribution is 2.12. The van der Waals surface area contributed by atoms with Crippen LogP contribution >= 0.6 is 0 Å². The summed E-state index contributed by atoms with van der Waals surface area (Å²) in [7, 11) is 0. The molecule has 0 aliphatic rings. The first-order chi connectivity index (χ1) is 11.6. The third-order valence-electron chi connectivity index (χ3n) is 3.55. The van der Waals surface area contributed by atoms with Crippen molar-refractivity contribution < 1.29 is 14.0 Å². The van der Waals surface area contributed by atoms with Gasteiger partial charge in [-0.05, 0) is 48.9 Å². The zero-order valence-electron chi connectivity index (χ0n) is 13.0. The van der Waals surface area contributed by atoms with Crippen molar-refractivity contribution in [2.24, 2.45) is 5.16 Å². The van der Waals surface area contributed by atoms with Gasteiger partial charge in [-0.15, -0.1) is 0 Å². The molecule has 1 heterocycles. The fourth-order valence-electron chi connectivity index (χ4n) is 2.22. The number of hydrogen-bond acceptors (Lipinski definition) is 3. The standard InChI is InChI=1S/C19H15FN2O2/c1-14(21-24-19(23)17-6-2-3-7-18(17)20)15-8-10-16(11-9-15)22-12-4-5-13-22/h2-13H,1H3/b21-14+. The van der Waals surface area contributed by atoms with E-state index in [4.69, 9.17) is 4.84 Å². The van der Waals surface area contributed by atoms with Crippen molar-refractivity contribution in [3.05, 3.63) is 90.0 Å². The van der Waals surface area contributed by atoms with Gasteiger partial charge >= 0.3 is 5.97 Å². The summed E-state index contributed by atoms with van der Waals surface area (Å²) in [6.45, 7) is 1.72. The number of hydrogen-bond donors (Lipinski definition) is 0. The van der Waals surface area contributed by atoms with Gasteiger partial charge in [0, 0.05) is 18.1 Å². The van der Waals surface area contributed by atoms with Crippen LogP contribution < -0.4 is 0 Å². The van der Waals surface area contributed by atoms with E-state index in [1.165, 1.54) is 18.2 Å². The molecule has 0 aliphatic carbocycles. The highest BCUT2D eigenvalue weighted by atomic mass is 19.1. The van der Waals surface area contributed by atoms with Crippen LogP contribution in [0.25, 0.3) is 5.69 Å². The molecule has 0 saturated carbocycles. The number of nitrogens with zero attached hydrogens (tertiary/aromatic N) is 2. The second-order valence-corrected chi connectivity index (χ2v) is 5.17. The van der Waals surface area contributed by atoms with E-state index in [1.807, 2.05) is 53.4 Å². The predicted octanol–water partition coefficient (Wildman–Crippen LogP) is 4.20. The Labute approximate surface area is 138 Å². The summed E-state index contributed by atoms with van der Waals surface area (Å²) in [6, 6.07) is 17.2. The van der Waals surface area contributed by atoms with Gasteiger partial charge < -0.3 is 9.40 Å². The van der Waals surface area contributed by atoms with Crippen molar-refractivity contribution in [3.8, 4) is 5.69 Å². The highest BCUT2D eigenvalue weighted by molar-refractivity contribution is 5.99. The normalized spacial score (nSPS) is 11.3. The Hall–Kier alpha value is -3.21. The van der Waals surface area contributed by atoms with Crippen LogP contribution in [0, 0.1) is 5.82 Å². The van der Waals surface area contributed by atoms with Gasteiger partial charge in [0.05, 0.1) is 11.3 Å².